The highest BCUT2D eigenvalue weighted by atomic mass is 16.8. The highest BCUT2D eigenvalue weighted by Crippen LogP contribution is 2.26. The molecule has 0 atom stereocenters. The molecule has 2 heterocycles. The van der Waals surface area contributed by atoms with Crippen LogP contribution in [0.2, 0.25) is 0 Å². The van der Waals surface area contributed by atoms with Crippen molar-refractivity contribution in [1.29, 1.82) is 0 Å². The Hall–Kier alpha value is -3.74. The van der Waals surface area contributed by atoms with E-state index in [1.54, 1.807) is 36.4 Å². The summed E-state index contributed by atoms with van der Waals surface area (Å²) < 4.78 is 24.6. The lowest BCUT2D eigenvalue weighted by Gasteiger charge is -2.00. The quantitative estimate of drug-likeness (QED) is 0.379. The maximum Gasteiger partial charge on any atom is 0.526 e. The van der Waals surface area contributed by atoms with Crippen molar-refractivity contribution in [2.24, 2.45) is 0 Å². The van der Waals surface area contributed by atoms with E-state index in [1.165, 1.54) is 12.1 Å². The summed E-state index contributed by atoms with van der Waals surface area (Å²) in [5, 5.41) is 1.49. The Bertz CT molecular complexity index is 921. The van der Waals surface area contributed by atoms with Gasteiger partial charge in [-0.25, -0.2) is 9.59 Å². The molecular weight excluding hydrogens is 328 g/mol. The van der Waals surface area contributed by atoms with E-state index in [1.807, 2.05) is 12.1 Å². The average Bonchev–Trinajstić information content (AvgIpc) is 3.16. The van der Waals surface area contributed by atoms with Crippen LogP contribution in [-0.2, 0) is 4.74 Å². The van der Waals surface area contributed by atoms with Crippen LogP contribution < -0.4 is 9.47 Å². The number of ether oxygens (including phenoxy) is 3. The number of rotatable bonds is 2. The van der Waals surface area contributed by atoms with Crippen LogP contribution in [0, 0.1) is 0 Å². The smallest absolute Gasteiger partial charge is 0.425 e. The van der Waals surface area contributed by atoms with Crippen molar-refractivity contribution in [3.8, 4) is 11.9 Å². The Morgan fingerprint density at radius 1 is 0.680 bits per heavy atom. The maximum atomic E-state index is 11.6. The molecule has 7 nitrogen and oxygen atoms in total. The molecule has 0 radical (unpaired) electrons. The lowest BCUT2D eigenvalue weighted by atomic mass is 10.3. The molecule has 0 saturated carbocycles. The molecule has 0 saturated heterocycles. The SMILES string of the molecule is O=C(OC(=O)Oc1cc2ccccc2o1)Oc1cc2ccccc2o1. The Labute approximate surface area is 140 Å². The third-order valence-corrected chi connectivity index (χ3v) is 3.34. The van der Waals surface area contributed by atoms with E-state index in [0.29, 0.717) is 11.2 Å². The molecule has 0 aliphatic heterocycles. The number of carbonyl (C=O) groups is 2. The first kappa shape index (κ1) is 14.8. The number of para-hydroxylation sites is 2. The maximum absolute atomic E-state index is 11.6. The zero-order chi connectivity index (χ0) is 17.2. The summed E-state index contributed by atoms with van der Waals surface area (Å²) in [6.07, 6.45) is -2.56. The second-order valence-electron chi connectivity index (χ2n) is 5.01. The lowest BCUT2D eigenvalue weighted by Crippen LogP contribution is -2.18. The molecule has 0 aliphatic carbocycles. The lowest BCUT2D eigenvalue weighted by molar-refractivity contribution is 0.0799. The molecule has 0 spiro atoms. The second kappa shape index (κ2) is 6.04. The summed E-state index contributed by atoms with van der Waals surface area (Å²) in [4.78, 5) is 23.3. The molecule has 4 rings (SSSR count). The fourth-order valence-corrected chi connectivity index (χ4v) is 2.29. The molecule has 0 aliphatic rings. The molecule has 0 amide bonds. The molecule has 0 unspecified atom stereocenters. The normalized spacial score (nSPS) is 10.7. The van der Waals surface area contributed by atoms with Gasteiger partial charge in [-0.2, -0.15) is 0 Å². The highest BCUT2D eigenvalue weighted by Gasteiger charge is 2.19. The third kappa shape index (κ3) is 3.16. The van der Waals surface area contributed by atoms with Crippen molar-refractivity contribution in [3.63, 3.8) is 0 Å². The summed E-state index contributed by atoms with van der Waals surface area (Å²) in [7, 11) is 0. The number of hydrogen-bond donors (Lipinski definition) is 0. The van der Waals surface area contributed by atoms with Gasteiger partial charge >= 0.3 is 12.3 Å². The molecule has 25 heavy (non-hydrogen) atoms. The van der Waals surface area contributed by atoms with Crippen molar-refractivity contribution >= 4 is 34.2 Å². The molecule has 0 fully saturated rings. The topological polar surface area (TPSA) is 88.1 Å². The summed E-state index contributed by atoms with van der Waals surface area (Å²) in [6.45, 7) is 0. The van der Waals surface area contributed by atoms with Gasteiger partial charge in [0.2, 0.25) is 0 Å². The average molecular weight is 338 g/mol. The summed E-state index contributed by atoms with van der Waals surface area (Å²) in [5.41, 5.74) is 1.07. The largest absolute Gasteiger partial charge is 0.526 e. The van der Waals surface area contributed by atoms with Gasteiger partial charge in [0.1, 0.15) is 11.2 Å². The zero-order valence-electron chi connectivity index (χ0n) is 12.6. The first-order chi connectivity index (χ1) is 12.2. The fourth-order valence-electron chi connectivity index (χ4n) is 2.29. The van der Waals surface area contributed by atoms with Crippen LogP contribution in [0.3, 0.4) is 0 Å². The van der Waals surface area contributed by atoms with Gasteiger partial charge in [-0.05, 0) is 12.1 Å². The predicted molar refractivity (Wildman–Crippen MR) is 85.6 cm³/mol. The third-order valence-electron chi connectivity index (χ3n) is 3.34. The van der Waals surface area contributed by atoms with Crippen LogP contribution in [0.1, 0.15) is 0 Å². The Kier molecular flexibility index (Phi) is 3.59. The second-order valence-corrected chi connectivity index (χ2v) is 5.01. The van der Waals surface area contributed by atoms with Gasteiger partial charge < -0.3 is 23.0 Å². The van der Waals surface area contributed by atoms with E-state index in [4.69, 9.17) is 18.3 Å². The van der Waals surface area contributed by atoms with Crippen LogP contribution in [0.15, 0.2) is 69.5 Å². The number of benzene rings is 2. The minimum absolute atomic E-state index is 0.0947. The number of carbonyl (C=O) groups excluding carboxylic acids is 2. The van der Waals surface area contributed by atoms with E-state index in [2.05, 4.69) is 4.74 Å². The minimum atomic E-state index is -1.28. The van der Waals surface area contributed by atoms with Gasteiger partial charge in [0.15, 0.2) is 0 Å². The summed E-state index contributed by atoms with van der Waals surface area (Å²) in [6, 6.07) is 17.2. The van der Waals surface area contributed by atoms with Gasteiger partial charge in [-0.15, -0.1) is 0 Å². The molecule has 0 N–H and O–H groups in total. The van der Waals surface area contributed by atoms with E-state index in [9.17, 15) is 9.59 Å². The molecule has 2 aromatic heterocycles. The van der Waals surface area contributed by atoms with Gasteiger partial charge in [0, 0.05) is 22.9 Å². The van der Waals surface area contributed by atoms with Crippen molar-refractivity contribution in [1.82, 2.24) is 0 Å². The van der Waals surface area contributed by atoms with Gasteiger partial charge in [0.25, 0.3) is 11.9 Å². The zero-order valence-corrected chi connectivity index (χ0v) is 12.6. The summed E-state index contributed by atoms with van der Waals surface area (Å²) >= 11 is 0. The van der Waals surface area contributed by atoms with Gasteiger partial charge in [-0.1, -0.05) is 36.4 Å². The molecule has 2 aromatic carbocycles. The summed E-state index contributed by atoms with van der Waals surface area (Å²) in [5.74, 6) is -0.189. The van der Waals surface area contributed by atoms with Crippen molar-refractivity contribution in [3.05, 3.63) is 60.7 Å². The monoisotopic (exact) mass is 338 g/mol. The van der Waals surface area contributed by atoms with Crippen LogP contribution in [0.25, 0.3) is 21.9 Å². The van der Waals surface area contributed by atoms with Gasteiger partial charge in [0.05, 0.1) is 0 Å². The highest BCUT2D eigenvalue weighted by molar-refractivity contribution is 5.83. The van der Waals surface area contributed by atoms with Crippen molar-refractivity contribution < 1.29 is 32.6 Å². The number of hydrogen-bond acceptors (Lipinski definition) is 7. The number of fused-ring (bicyclic) bond motifs is 2. The Morgan fingerprint density at radius 2 is 1.12 bits per heavy atom. The van der Waals surface area contributed by atoms with E-state index >= 15 is 0 Å². The van der Waals surface area contributed by atoms with E-state index < -0.39 is 12.3 Å². The Morgan fingerprint density at radius 3 is 1.56 bits per heavy atom. The van der Waals surface area contributed by atoms with E-state index in [-0.39, 0.29) is 11.9 Å². The van der Waals surface area contributed by atoms with Gasteiger partial charge in [-0.3, -0.25) is 0 Å². The molecule has 0 bridgehead atoms. The first-order valence-corrected chi connectivity index (χ1v) is 7.26. The molecule has 7 heteroatoms. The Balaban J connectivity index is 1.39. The van der Waals surface area contributed by atoms with Crippen molar-refractivity contribution in [2.45, 2.75) is 0 Å². The molecule has 124 valence electrons. The van der Waals surface area contributed by atoms with Crippen LogP contribution in [-0.4, -0.2) is 12.3 Å². The molecular formula is C18H10O7. The number of furan rings is 2. The molecule has 4 aromatic rings. The predicted octanol–water partition coefficient (Wildman–Crippen LogP) is 4.89. The fraction of sp³-hybridized carbons (Fsp3) is 0. The standard InChI is InChI=1S/C18H10O7/c19-17(23-15-9-11-5-1-3-7-13(11)21-15)25-18(20)24-16-10-12-6-2-4-8-14(12)22-16/h1-10H. The van der Waals surface area contributed by atoms with Crippen LogP contribution in [0.5, 0.6) is 11.9 Å². The first-order valence-electron chi connectivity index (χ1n) is 7.26. The van der Waals surface area contributed by atoms with Crippen molar-refractivity contribution in [2.75, 3.05) is 0 Å². The van der Waals surface area contributed by atoms with Crippen LogP contribution in [0.4, 0.5) is 9.59 Å². The van der Waals surface area contributed by atoms with E-state index in [0.717, 1.165) is 10.8 Å². The van der Waals surface area contributed by atoms with Crippen LogP contribution >= 0.6 is 0 Å². The minimum Gasteiger partial charge on any atom is -0.425 e.